The Morgan fingerprint density at radius 3 is 2.67 bits per heavy atom. The normalized spacial score (nSPS) is 21.3. The first-order chi connectivity index (χ1) is 13.0. The van der Waals surface area contributed by atoms with Crippen molar-refractivity contribution in [2.24, 2.45) is 5.92 Å². The van der Waals surface area contributed by atoms with Gasteiger partial charge in [0.15, 0.2) is 0 Å². The van der Waals surface area contributed by atoms with Gasteiger partial charge in [-0.1, -0.05) is 23.7 Å². The summed E-state index contributed by atoms with van der Waals surface area (Å²) in [6.45, 7) is 6.05. The lowest BCUT2D eigenvalue weighted by Crippen LogP contribution is -2.55. The van der Waals surface area contributed by atoms with Gasteiger partial charge in [-0.2, -0.15) is 0 Å². The molecule has 2 aliphatic rings. The molecule has 0 spiro atoms. The van der Waals surface area contributed by atoms with E-state index in [1.54, 1.807) is 0 Å². The summed E-state index contributed by atoms with van der Waals surface area (Å²) in [5, 5.41) is 4.02. The molecule has 6 heteroatoms. The zero-order valence-corrected chi connectivity index (χ0v) is 16.9. The van der Waals surface area contributed by atoms with Crippen LogP contribution in [0.1, 0.15) is 38.2 Å². The molecule has 1 atom stereocenters. The summed E-state index contributed by atoms with van der Waals surface area (Å²) in [5.74, 6) is 1.02. The van der Waals surface area contributed by atoms with Crippen LogP contribution in [-0.4, -0.2) is 60.4 Å². The van der Waals surface area contributed by atoms with Crippen molar-refractivity contribution >= 4 is 23.4 Å². The molecule has 27 heavy (non-hydrogen) atoms. The molecule has 2 amide bonds. The van der Waals surface area contributed by atoms with Crippen molar-refractivity contribution in [2.45, 2.75) is 45.1 Å². The van der Waals surface area contributed by atoms with Crippen molar-refractivity contribution < 1.29 is 9.59 Å². The van der Waals surface area contributed by atoms with Crippen LogP contribution in [0.5, 0.6) is 0 Å². The Labute approximate surface area is 167 Å². The van der Waals surface area contributed by atoms with Crippen molar-refractivity contribution in [1.29, 1.82) is 0 Å². The Morgan fingerprint density at radius 2 is 1.96 bits per heavy atom. The molecular weight excluding hydrogens is 362 g/mol. The third-order valence-electron chi connectivity index (χ3n) is 5.77. The van der Waals surface area contributed by atoms with Crippen LogP contribution in [0.25, 0.3) is 0 Å². The summed E-state index contributed by atoms with van der Waals surface area (Å²) in [4.78, 5) is 29.1. The second kappa shape index (κ2) is 9.56. The molecule has 2 aliphatic heterocycles. The van der Waals surface area contributed by atoms with E-state index in [2.05, 4.69) is 5.32 Å². The maximum Gasteiger partial charge on any atom is 0.227 e. The third kappa shape index (κ3) is 5.69. The maximum atomic E-state index is 12.7. The molecule has 0 aliphatic carbocycles. The van der Waals surface area contributed by atoms with Crippen LogP contribution in [0.2, 0.25) is 5.02 Å². The molecule has 0 bridgehead atoms. The zero-order valence-electron chi connectivity index (χ0n) is 16.1. The maximum absolute atomic E-state index is 12.7. The van der Waals surface area contributed by atoms with Crippen molar-refractivity contribution in [3.8, 4) is 0 Å². The molecule has 3 rings (SSSR count). The Bertz CT molecular complexity index is 661. The fourth-order valence-corrected chi connectivity index (χ4v) is 4.35. The van der Waals surface area contributed by atoms with Gasteiger partial charge in [0.2, 0.25) is 11.8 Å². The fraction of sp³-hybridized carbons (Fsp3) is 0.619. The first-order valence-corrected chi connectivity index (χ1v) is 10.4. The average Bonchev–Trinajstić information content (AvgIpc) is 2.66. The van der Waals surface area contributed by atoms with Crippen LogP contribution in [0.4, 0.5) is 0 Å². The fourth-order valence-electron chi connectivity index (χ4n) is 4.13. The highest BCUT2D eigenvalue weighted by Gasteiger charge is 2.29. The van der Waals surface area contributed by atoms with Crippen molar-refractivity contribution in [1.82, 2.24) is 15.1 Å². The highest BCUT2D eigenvalue weighted by molar-refractivity contribution is 6.30. The highest BCUT2D eigenvalue weighted by Crippen LogP contribution is 2.20. The Balaban J connectivity index is 1.46. The number of nitrogens with zero attached hydrogens (tertiary/aromatic N) is 2. The van der Waals surface area contributed by atoms with Gasteiger partial charge in [0.05, 0.1) is 6.42 Å². The lowest BCUT2D eigenvalue weighted by Gasteiger charge is -2.40. The Morgan fingerprint density at radius 1 is 1.19 bits per heavy atom. The lowest BCUT2D eigenvalue weighted by molar-refractivity contribution is -0.142. The summed E-state index contributed by atoms with van der Waals surface area (Å²) in [5.41, 5.74) is 0.931. The lowest BCUT2D eigenvalue weighted by atomic mass is 9.93. The number of carbonyl (C=O) groups excluding carboxylic acids is 2. The van der Waals surface area contributed by atoms with E-state index < -0.39 is 0 Å². The van der Waals surface area contributed by atoms with Crippen LogP contribution in [0, 0.1) is 5.92 Å². The van der Waals surface area contributed by atoms with E-state index in [0.717, 1.165) is 25.1 Å². The summed E-state index contributed by atoms with van der Waals surface area (Å²) >= 11 is 6.01. The van der Waals surface area contributed by atoms with Crippen molar-refractivity contribution in [2.75, 3.05) is 32.7 Å². The van der Waals surface area contributed by atoms with E-state index in [-0.39, 0.29) is 17.9 Å². The summed E-state index contributed by atoms with van der Waals surface area (Å²) < 4.78 is 0. The number of carbonyl (C=O) groups is 2. The average molecular weight is 392 g/mol. The molecular formula is C21H30ClN3O2. The minimum absolute atomic E-state index is 0.0493. The Kier molecular flexibility index (Phi) is 7.13. The van der Waals surface area contributed by atoms with Gasteiger partial charge in [0, 0.05) is 37.1 Å². The molecule has 1 N–H and O–H groups in total. The highest BCUT2D eigenvalue weighted by atomic mass is 35.5. The molecule has 0 saturated carbocycles. The second-order valence-corrected chi connectivity index (χ2v) is 8.25. The molecule has 2 saturated heterocycles. The minimum atomic E-state index is 0.0493. The predicted octanol–water partition coefficient (Wildman–Crippen LogP) is 2.72. The summed E-state index contributed by atoms with van der Waals surface area (Å²) in [7, 11) is 0. The topological polar surface area (TPSA) is 52.7 Å². The molecule has 1 aromatic carbocycles. The van der Waals surface area contributed by atoms with Gasteiger partial charge in [-0.05, 0) is 62.9 Å². The number of nitrogens with one attached hydrogen (secondary N) is 1. The smallest absolute Gasteiger partial charge is 0.227 e. The number of halogens is 1. The third-order valence-corrected chi connectivity index (χ3v) is 6.01. The van der Waals surface area contributed by atoms with Gasteiger partial charge in [0.25, 0.3) is 0 Å². The number of piperidine rings is 1. The molecule has 2 heterocycles. The van der Waals surface area contributed by atoms with Gasteiger partial charge in [-0.3, -0.25) is 9.59 Å². The van der Waals surface area contributed by atoms with Crippen molar-refractivity contribution in [3.05, 3.63) is 34.9 Å². The quantitative estimate of drug-likeness (QED) is 0.839. The molecule has 0 aromatic heterocycles. The van der Waals surface area contributed by atoms with Crippen LogP contribution >= 0.6 is 11.6 Å². The van der Waals surface area contributed by atoms with E-state index in [1.165, 1.54) is 12.8 Å². The van der Waals surface area contributed by atoms with Gasteiger partial charge in [-0.25, -0.2) is 0 Å². The van der Waals surface area contributed by atoms with E-state index in [1.807, 2.05) is 41.0 Å². The van der Waals surface area contributed by atoms with E-state index >= 15 is 0 Å². The van der Waals surface area contributed by atoms with Gasteiger partial charge in [-0.15, -0.1) is 0 Å². The molecule has 1 unspecified atom stereocenters. The van der Waals surface area contributed by atoms with Gasteiger partial charge in [0.1, 0.15) is 0 Å². The molecule has 148 valence electrons. The second-order valence-electron chi connectivity index (χ2n) is 7.81. The van der Waals surface area contributed by atoms with Gasteiger partial charge < -0.3 is 15.1 Å². The Hall–Kier alpha value is -1.59. The van der Waals surface area contributed by atoms with Crippen LogP contribution in [-0.2, 0) is 16.0 Å². The molecule has 5 nitrogen and oxygen atoms in total. The number of hydrogen-bond acceptors (Lipinski definition) is 3. The van der Waals surface area contributed by atoms with Crippen molar-refractivity contribution in [3.63, 3.8) is 0 Å². The van der Waals surface area contributed by atoms with Crippen LogP contribution in [0.15, 0.2) is 24.3 Å². The monoisotopic (exact) mass is 391 g/mol. The number of benzene rings is 1. The molecule has 2 fully saturated rings. The molecule has 1 aromatic rings. The van der Waals surface area contributed by atoms with E-state index in [0.29, 0.717) is 43.4 Å². The standard InChI is InChI=1S/C21H30ClN3O2/c1-16-15-24(20(26)6-5-17-7-9-23-10-8-17)11-12-25(16)21(27)14-18-3-2-4-19(22)13-18/h2-4,13,16-17,23H,5-12,14-15H2,1H3. The van der Waals surface area contributed by atoms with Gasteiger partial charge >= 0.3 is 0 Å². The van der Waals surface area contributed by atoms with E-state index in [9.17, 15) is 9.59 Å². The SMILES string of the molecule is CC1CN(C(=O)CCC2CCNCC2)CCN1C(=O)Cc1cccc(Cl)c1. The van der Waals surface area contributed by atoms with E-state index in [4.69, 9.17) is 11.6 Å². The van der Waals surface area contributed by atoms with Crippen LogP contribution < -0.4 is 5.32 Å². The van der Waals surface area contributed by atoms with Crippen LogP contribution in [0.3, 0.4) is 0 Å². The minimum Gasteiger partial charge on any atom is -0.339 e. The number of amides is 2. The predicted molar refractivity (Wildman–Crippen MR) is 108 cm³/mol. The zero-order chi connectivity index (χ0) is 19.2. The largest absolute Gasteiger partial charge is 0.339 e. The first kappa shape index (κ1) is 20.2. The number of rotatable bonds is 5. The first-order valence-electron chi connectivity index (χ1n) is 10.1. The summed E-state index contributed by atoms with van der Waals surface area (Å²) in [6, 6.07) is 7.49. The number of hydrogen-bond donors (Lipinski definition) is 1. The summed E-state index contributed by atoms with van der Waals surface area (Å²) in [6.07, 6.45) is 4.33. The molecule has 0 radical (unpaired) electrons. The number of piperazine rings is 1.